The van der Waals surface area contributed by atoms with Gasteiger partial charge >= 0.3 is 0 Å². The Hall–Kier alpha value is -3.81. The summed E-state index contributed by atoms with van der Waals surface area (Å²) in [5, 5.41) is 6.72. The minimum absolute atomic E-state index is 0.125. The van der Waals surface area contributed by atoms with Gasteiger partial charge < -0.3 is 14.4 Å². The molecule has 0 aliphatic rings. The van der Waals surface area contributed by atoms with E-state index in [2.05, 4.69) is 20.4 Å². The quantitative estimate of drug-likeness (QED) is 0.587. The molecule has 0 bridgehead atoms. The highest BCUT2D eigenvalue weighted by Gasteiger charge is 2.13. The Balaban J connectivity index is 1.55. The standard InChI is InChI=1S/C20H17N5O3/c1-12-20(27)25(2)16-9-8-14(10-15(16)22-12)18-23-17(28-24-18)11-21-19(26)13-6-4-3-5-7-13/h3-10H,11H2,1-2H3,(H,21,26). The molecular weight excluding hydrogens is 358 g/mol. The van der Waals surface area contributed by atoms with Crippen LogP contribution in [-0.2, 0) is 13.6 Å². The maximum atomic E-state index is 12.1. The SMILES string of the molecule is Cc1nc2cc(-c3noc(CNC(=O)c4ccccc4)n3)ccc2n(C)c1=O. The van der Waals surface area contributed by atoms with Crippen molar-refractivity contribution in [1.82, 2.24) is 25.0 Å². The third-order valence-electron chi connectivity index (χ3n) is 4.40. The van der Waals surface area contributed by atoms with Gasteiger partial charge in [-0.25, -0.2) is 4.98 Å². The topological polar surface area (TPSA) is 103 Å². The fourth-order valence-electron chi connectivity index (χ4n) is 2.91. The van der Waals surface area contributed by atoms with Crippen LogP contribution in [0.15, 0.2) is 57.8 Å². The largest absolute Gasteiger partial charge is 0.343 e. The van der Waals surface area contributed by atoms with Gasteiger partial charge in [0.25, 0.3) is 11.5 Å². The molecule has 2 aromatic heterocycles. The maximum Gasteiger partial charge on any atom is 0.272 e. The van der Waals surface area contributed by atoms with Crippen molar-refractivity contribution < 1.29 is 9.32 Å². The summed E-state index contributed by atoms with van der Waals surface area (Å²) in [6.07, 6.45) is 0. The lowest BCUT2D eigenvalue weighted by Crippen LogP contribution is -2.22. The zero-order chi connectivity index (χ0) is 19.7. The Morgan fingerprint density at radius 1 is 1.14 bits per heavy atom. The molecule has 0 saturated heterocycles. The summed E-state index contributed by atoms with van der Waals surface area (Å²) in [5.41, 5.74) is 2.95. The number of carbonyl (C=O) groups excluding carboxylic acids is 1. The Morgan fingerprint density at radius 2 is 1.93 bits per heavy atom. The number of fused-ring (bicyclic) bond motifs is 1. The lowest BCUT2D eigenvalue weighted by Gasteiger charge is -2.06. The number of nitrogens with zero attached hydrogens (tertiary/aromatic N) is 4. The predicted molar refractivity (Wildman–Crippen MR) is 103 cm³/mol. The smallest absolute Gasteiger partial charge is 0.272 e. The van der Waals surface area contributed by atoms with Crippen molar-refractivity contribution in [2.24, 2.45) is 7.05 Å². The molecule has 0 spiro atoms. The molecule has 4 rings (SSSR count). The lowest BCUT2D eigenvalue weighted by atomic mass is 10.1. The minimum Gasteiger partial charge on any atom is -0.343 e. The first-order valence-corrected chi connectivity index (χ1v) is 8.66. The number of hydrogen-bond donors (Lipinski definition) is 1. The molecule has 0 atom stereocenters. The van der Waals surface area contributed by atoms with Gasteiger partial charge in [-0.15, -0.1) is 0 Å². The highest BCUT2D eigenvalue weighted by atomic mass is 16.5. The third-order valence-corrected chi connectivity index (χ3v) is 4.40. The molecule has 0 radical (unpaired) electrons. The molecule has 0 saturated carbocycles. The number of benzene rings is 2. The van der Waals surface area contributed by atoms with E-state index in [4.69, 9.17) is 4.52 Å². The van der Waals surface area contributed by atoms with E-state index in [1.165, 1.54) is 0 Å². The Labute approximate surface area is 159 Å². The summed E-state index contributed by atoms with van der Waals surface area (Å²) in [6.45, 7) is 1.80. The van der Waals surface area contributed by atoms with Crippen molar-refractivity contribution in [3.63, 3.8) is 0 Å². The summed E-state index contributed by atoms with van der Waals surface area (Å²) >= 11 is 0. The molecular formula is C20H17N5O3. The second-order valence-corrected chi connectivity index (χ2v) is 6.33. The average molecular weight is 375 g/mol. The molecule has 0 fully saturated rings. The number of hydrogen-bond acceptors (Lipinski definition) is 6. The number of rotatable bonds is 4. The second kappa shape index (κ2) is 7.07. The summed E-state index contributed by atoms with van der Waals surface area (Å²) in [6, 6.07) is 14.3. The van der Waals surface area contributed by atoms with Gasteiger partial charge in [-0.2, -0.15) is 4.98 Å². The van der Waals surface area contributed by atoms with Crippen molar-refractivity contribution in [3.05, 3.63) is 76.0 Å². The predicted octanol–water partition coefficient (Wildman–Crippen LogP) is 2.22. The van der Waals surface area contributed by atoms with Crippen molar-refractivity contribution in [2.75, 3.05) is 0 Å². The van der Waals surface area contributed by atoms with Gasteiger partial charge in [0, 0.05) is 18.2 Å². The highest BCUT2D eigenvalue weighted by Crippen LogP contribution is 2.20. The van der Waals surface area contributed by atoms with Crippen LogP contribution in [-0.4, -0.2) is 25.6 Å². The first-order valence-electron chi connectivity index (χ1n) is 8.66. The lowest BCUT2D eigenvalue weighted by molar-refractivity contribution is 0.0946. The molecule has 2 aromatic carbocycles. The normalized spacial score (nSPS) is 10.9. The van der Waals surface area contributed by atoms with Crippen LogP contribution in [0, 0.1) is 6.92 Å². The zero-order valence-corrected chi connectivity index (χ0v) is 15.3. The number of aromatic nitrogens is 4. The number of aryl methyl sites for hydroxylation is 2. The Kier molecular flexibility index (Phi) is 4.44. The van der Waals surface area contributed by atoms with Gasteiger partial charge in [0.05, 0.1) is 17.6 Å². The highest BCUT2D eigenvalue weighted by molar-refractivity contribution is 5.94. The summed E-state index contributed by atoms with van der Waals surface area (Å²) in [4.78, 5) is 32.8. The third kappa shape index (κ3) is 3.27. The molecule has 8 nitrogen and oxygen atoms in total. The fraction of sp³-hybridized carbons (Fsp3) is 0.150. The van der Waals surface area contributed by atoms with E-state index < -0.39 is 0 Å². The maximum absolute atomic E-state index is 12.1. The molecule has 8 heteroatoms. The molecule has 0 aliphatic carbocycles. The van der Waals surface area contributed by atoms with Gasteiger partial charge in [0.1, 0.15) is 5.69 Å². The van der Waals surface area contributed by atoms with Gasteiger partial charge in [0.15, 0.2) is 0 Å². The van der Waals surface area contributed by atoms with Crippen molar-refractivity contribution in [3.8, 4) is 11.4 Å². The Bertz CT molecular complexity index is 1230. The van der Waals surface area contributed by atoms with Crippen LogP contribution in [0.5, 0.6) is 0 Å². The van der Waals surface area contributed by atoms with E-state index in [1.54, 1.807) is 61.0 Å². The fourth-order valence-corrected chi connectivity index (χ4v) is 2.91. The molecule has 1 amide bonds. The number of nitrogens with one attached hydrogen (secondary N) is 1. The molecule has 2 heterocycles. The molecule has 4 aromatic rings. The van der Waals surface area contributed by atoms with Gasteiger partial charge in [-0.3, -0.25) is 9.59 Å². The summed E-state index contributed by atoms with van der Waals surface area (Å²) in [5.74, 6) is 0.467. The van der Waals surface area contributed by atoms with Gasteiger partial charge in [-0.05, 0) is 37.3 Å². The van der Waals surface area contributed by atoms with Crippen LogP contribution in [0.2, 0.25) is 0 Å². The van der Waals surface area contributed by atoms with Crippen molar-refractivity contribution in [2.45, 2.75) is 13.5 Å². The Morgan fingerprint density at radius 3 is 2.71 bits per heavy atom. The summed E-state index contributed by atoms with van der Waals surface area (Å²) < 4.78 is 6.79. The first-order chi connectivity index (χ1) is 13.5. The number of amides is 1. The van der Waals surface area contributed by atoms with Crippen LogP contribution in [0.25, 0.3) is 22.4 Å². The van der Waals surface area contributed by atoms with Crippen molar-refractivity contribution >= 4 is 16.9 Å². The monoisotopic (exact) mass is 375 g/mol. The molecule has 140 valence electrons. The first kappa shape index (κ1) is 17.6. The van der Waals surface area contributed by atoms with Crippen LogP contribution >= 0.6 is 0 Å². The van der Waals surface area contributed by atoms with Gasteiger partial charge in [0.2, 0.25) is 11.7 Å². The van der Waals surface area contributed by atoms with E-state index in [1.807, 2.05) is 6.07 Å². The minimum atomic E-state index is -0.216. The number of carbonyl (C=O) groups is 1. The second-order valence-electron chi connectivity index (χ2n) is 6.33. The molecule has 28 heavy (non-hydrogen) atoms. The van der Waals surface area contributed by atoms with Crippen LogP contribution < -0.4 is 10.9 Å². The van der Waals surface area contributed by atoms with E-state index >= 15 is 0 Å². The van der Waals surface area contributed by atoms with E-state index in [0.29, 0.717) is 34.1 Å². The van der Waals surface area contributed by atoms with Crippen LogP contribution in [0.4, 0.5) is 0 Å². The van der Waals surface area contributed by atoms with Gasteiger partial charge in [-0.1, -0.05) is 23.4 Å². The van der Waals surface area contributed by atoms with Crippen LogP contribution in [0.1, 0.15) is 21.9 Å². The van der Waals surface area contributed by atoms with Crippen LogP contribution in [0.3, 0.4) is 0 Å². The zero-order valence-electron chi connectivity index (χ0n) is 15.3. The van der Waals surface area contributed by atoms with E-state index in [0.717, 1.165) is 5.52 Å². The van der Waals surface area contributed by atoms with E-state index in [-0.39, 0.29) is 18.0 Å². The van der Waals surface area contributed by atoms with E-state index in [9.17, 15) is 9.59 Å². The summed E-state index contributed by atoms with van der Waals surface area (Å²) in [7, 11) is 1.71. The molecule has 1 N–H and O–H groups in total. The average Bonchev–Trinajstić information content (AvgIpc) is 3.20. The van der Waals surface area contributed by atoms with Crippen molar-refractivity contribution in [1.29, 1.82) is 0 Å². The molecule has 0 aliphatic heterocycles. The molecule has 0 unspecified atom stereocenters.